The highest BCUT2D eigenvalue weighted by Crippen LogP contribution is 2.29. The molecule has 2 aromatic rings. The van der Waals surface area contributed by atoms with Gasteiger partial charge in [-0.3, -0.25) is 9.89 Å². The van der Waals surface area contributed by atoms with Crippen LogP contribution in [-0.2, 0) is 27.6 Å². The average molecular weight is 319 g/mol. The van der Waals surface area contributed by atoms with Crippen molar-refractivity contribution in [3.05, 3.63) is 35.5 Å². The van der Waals surface area contributed by atoms with Crippen LogP contribution < -0.4 is 0 Å². The van der Waals surface area contributed by atoms with Crippen LogP contribution in [0.2, 0.25) is 0 Å². The number of hydrogen-bond acceptors (Lipinski definition) is 4. The zero-order valence-corrected chi connectivity index (χ0v) is 13.3. The number of carbonyl (C=O) groups excluding carboxylic acids is 1. The van der Waals surface area contributed by atoms with Crippen LogP contribution in [0.4, 0.5) is 0 Å². The van der Waals surface area contributed by atoms with Gasteiger partial charge >= 0.3 is 0 Å². The van der Waals surface area contributed by atoms with Gasteiger partial charge in [-0.25, -0.2) is 8.42 Å². The number of sulfone groups is 1. The van der Waals surface area contributed by atoms with Crippen LogP contribution in [0.3, 0.4) is 0 Å². The van der Waals surface area contributed by atoms with Crippen LogP contribution in [0.1, 0.15) is 18.2 Å². The summed E-state index contributed by atoms with van der Waals surface area (Å²) in [7, 11) is -3.21. The number of nitrogens with zero attached hydrogens (tertiary/aromatic N) is 2. The van der Waals surface area contributed by atoms with Gasteiger partial charge in [-0.05, 0) is 12.1 Å². The molecule has 0 unspecified atom stereocenters. The van der Waals surface area contributed by atoms with Crippen molar-refractivity contribution in [2.75, 3.05) is 12.8 Å². The van der Waals surface area contributed by atoms with Gasteiger partial charge in [-0.2, -0.15) is 5.10 Å². The molecule has 7 heteroatoms. The lowest BCUT2D eigenvalue weighted by Gasteiger charge is -2.25. The van der Waals surface area contributed by atoms with Gasteiger partial charge in [0.1, 0.15) is 0 Å². The minimum Gasteiger partial charge on any atom is -0.338 e. The van der Waals surface area contributed by atoms with Crippen molar-refractivity contribution >= 4 is 15.7 Å². The number of carbonyl (C=O) groups is 1. The Morgan fingerprint density at radius 2 is 1.95 bits per heavy atom. The normalized spacial score (nSPS) is 14.7. The van der Waals surface area contributed by atoms with Crippen molar-refractivity contribution in [1.82, 2.24) is 15.1 Å². The van der Waals surface area contributed by atoms with E-state index in [1.165, 1.54) is 6.26 Å². The fourth-order valence-corrected chi connectivity index (χ4v) is 3.29. The molecule has 0 saturated carbocycles. The number of amides is 1. The SMILES string of the molecule is CC(=O)N1CCc2[nH]nc(-c3ccc(S(C)(=O)=O)cc3)c2C1. The van der Waals surface area contributed by atoms with Crippen molar-refractivity contribution in [1.29, 1.82) is 0 Å². The molecule has 0 spiro atoms. The number of aromatic amines is 1. The molecule has 22 heavy (non-hydrogen) atoms. The first-order chi connectivity index (χ1) is 10.4. The Labute approximate surface area is 129 Å². The fourth-order valence-electron chi connectivity index (χ4n) is 2.66. The highest BCUT2D eigenvalue weighted by molar-refractivity contribution is 7.90. The van der Waals surface area contributed by atoms with Crippen molar-refractivity contribution in [2.45, 2.75) is 24.8 Å². The molecule has 2 heterocycles. The first kappa shape index (κ1) is 14.8. The molecular weight excluding hydrogens is 302 g/mol. The predicted molar refractivity (Wildman–Crippen MR) is 81.9 cm³/mol. The molecule has 1 amide bonds. The molecule has 0 fully saturated rings. The summed E-state index contributed by atoms with van der Waals surface area (Å²) in [6.45, 7) is 2.78. The minimum absolute atomic E-state index is 0.0465. The molecule has 0 aliphatic carbocycles. The van der Waals surface area contributed by atoms with Gasteiger partial charge in [-0.1, -0.05) is 12.1 Å². The van der Waals surface area contributed by atoms with E-state index in [1.54, 1.807) is 36.1 Å². The highest BCUT2D eigenvalue weighted by Gasteiger charge is 2.24. The van der Waals surface area contributed by atoms with E-state index in [2.05, 4.69) is 10.2 Å². The molecule has 116 valence electrons. The summed E-state index contributed by atoms with van der Waals surface area (Å²) in [4.78, 5) is 13.6. The Morgan fingerprint density at radius 3 is 2.55 bits per heavy atom. The van der Waals surface area contributed by atoms with E-state index in [0.29, 0.717) is 13.1 Å². The molecule has 0 radical (unpaired) electrons. The van der Waals surface area contributed by atoms with Gasteiger partial charge in [0.2, 0.25) is 5.91 Å². The average Bonchev–Trinajstić information content (AvgIpc) is 2.89. The van der Waals surface area contributed by atoms with Crippen molar-refractivity contribution in [3.63, 3.8) is 0 Å². The monoisotopic (exact) mass is 319 g/mol. The number of fused-ring (bicyclic) bond motifs is 1. The molecular formula is C15H17N3O3S. The van der Waals surface area contributed by atoms with Crippen LogP contribution in [0, 0.1) is 0 Å². The topological polar surface area (TPSA) is 83.1 Å². The summed E-state index contributed by atoms with van der Waals surface area (Å²) in [5, 5.41) is 7.36. The second-order valence-corrected chi connectivity index (χ2v) is 7.53. The number of rotatable bonds is 2. The fraction of sp³-hybridized carbons (Fsp3) is 0.333. The molecule has 1 N–H and O–H groups in total. The van der Waals surface area contributed by atoms with E-state index < -0.39 is 9.84 Å². The van der Waals surface area contributed by atoms with E-state index in [-0.39, 0.29) is 10.8 Å². The maximum atomic E-state index is 11.6. The highest BCUT2D eigenvalue weighted by atomic mass is 32.2. The van der Waals surface area contributed by atoms with Crippen LogP contribution in [0.15, 0.2) is 29.2 Å². The quantitative estimate of drug-likeness (QED) is 0.906. The standard InChI is InChI=1S/C15H17N3O3S/c1-10(19)18-8-7-14-13(9-18)15(17-16-14)11-3-5-12(6-4-11)22(2,20)21/h3-6H,7-9H2,1-2H3,(H,16,17). The third-order valence-corrected chi connectivity index (χ3v) is 5.06. The van der Waals surface area contributed by atoms with E-state index in [4.69, 9.17) is 0 Å². The largest absolute Gasteiger partial charge is 0.338 e. The number of benzene rings is 1. The first-order valence-corrected chi connectivity index (χ1v) is 8.87. The smallest absolute Gasteiger partial charge is 0.219 e. The summed E-state index contributed by atoms with van der Waals surface area (Å²) in [6.07, 6.45) is 1.94. The third kappa shape index (κ3) is 2.64. The Bertz CT molecular complexity index is 822. The van der Waals surface area contributed by atoms with E-state index in [1.807, 2.05) is 0 Å². The lowest BCUT2D eigenvalue weighted by Crippen LogP contribution is -2.34. The Morgan fingerprint density at radius 1 is 1.27 bits per heavy atom. The molecule has 1 aromatic heterocycles. The molecule has 0 atom stereocenters. The van der Waals surface area contributed by atoms with Gasteiger partial charge in [0.25, 0.3) is 0 Å². The van der Waals surface area contributed by atoms with E-state index in [0.717, 1.165) is 28.9 Å². The van der Waals surface area contributed by atoms with Crippen LogP contribution >= 0.6 is 0 Å². The summed E-state index contributed by atoms with van der Waals surface area (Å²) in [5.41, 5.74) is 3.67. The molecule has 1 aliphatic rings. The number of nitrogens with one attached hydrogen (secondary N) is 1. The summed E-state index contributed by atoms with van der Waals surface area (Å²) in [5.74, 6) is 0.0465. The molecule has 0 saturated heterocycles. The van der Waals surface area contributed by atoms with Gasteiger partial charge < -0.3 is 4.90 Å². The summed E-state index contributed by atoms with van der Waals surface area (Å²) >= 11 is 0. The van der Waals surface area contributed by atoms with E-state index >= 15 is 0 Å². The van der Waals surface area contributed by atoms with Gasteiger partial charge in [-0.15, -0.1) is 0 Å². The summed E-state index contributed by atoms with van der Waals surface area (Å²) in [6, 6.07) is 6.66. The molecule has 1 aliphatic heterocycles. The van der Waals surface area contributed by atoms with Gasteiger partial charge in [0, 0.05) is 49.5 Å². The van der Waals surface area contributed by atoms with Crippen LogP contribution in [-0.4, -0.2) is 42.2 Å². The second kappa shape index (κ2) is 5.24. The Kier molecular flexibility index (Phi) is 3.52. The molecule has 0 bridgehead atoms. The summed E-state index contributed by atoms with van der Waals surface area (Å²) < 4.78 is 23.0. The molecule has 6 nitrogen and oxygen atoms in total. The molecule has 1 aromatic carbocycles. The van der Waals surface area contributed by atoms with Crippen molar-refractivity contribution in [2.24, 2.45) is 0 Å². The van der Waals surface area contributed by atoms with Crippen molar-refractivity contribution in [3.8, 4) is 11.3 Å². The minimum atomic E-state index is -3.21. The van der Waals surface area contributed by atoms with Crippen LogP contribution in [0.5, 0.6) is 0 Å². The number of aromatic nitrogens is 2. The Balaban J connectivity index is 1.97. The van der Waals surface area contributed by atoms with Gasteiger partial charge in [0.05, 0.1) is 10.6 Å². The second-order valence-electron chi connectivity index (χ2n) is 5.52. The zero-order chi connectivity index (χ0) is 15.9. The zero-order valence-electron chi connectivity index (χ0n) is 12.5. The Hall–Kier alpha value is -2.15. The van der Waals surface area contributed by atoms with Crippen LogP contribution in [0.25, 0.3) is 11.3 Å². The first-order valence-electron chi connectivity index (χ1n) is 6.98. The maximum Gasteiger partial charge on any atom is 0.219 e. The lowest BCUT2D eigenvalue weighted by atomic mass is 10.0. The van der Waals surface area contributed by atoms with E-state index in [9.17, 15) is 13.2 Å². The molecule has 3 rings (SSSR count). The number of hydrogen-bond donors (Lipinski definition) is 1. The third-order valence-electron chi connectivity index (χ3n) is 3.93. The lowest BCUT2D eigenvalue weighted by molar-refractivity contribution is -0.129. The van der Waals surface area contributed by atoms with Gasteiger partial charge in [0.15, 0.2) is 9.84 Å². The van der Waals surface area contributed by atoms with Crippen molar-refractivity contribution < 1.29 is 13.2 Å². The maximum absolute atomic E-state index is 11.6. The number of H-pyrrole nitrogens is 1. The predicted octanol–water partition coefficient (Wildman–Crippen LogP) is 1.38.